The molecule has 1 saturated heterocycles. The molecule has 0 unspecified atom stereocenters. The van der Waals surface area contributed by atoms with Gasteiger partial charge >= 0.3 is 0 Å². The van der Waals surface area contributed by atoms with E-state index in [1.807, 2.05) is 6.92 Å². The zero-order chi connectivity index (χ0) is 16.4. The summed E-state index contributed by atoms with van der Waals surface area (Å²) in [6, 6.07) is 0. The molecular formula is C20H30N2O. The van der Waals surface area contributed by atoms with Crippen LogP contribution in [0.1, 0.15) is 65.7 Å². The van der Waals surface area contributed by atoms with Gasteiger partial charge in [0.1, 0.15) is 0 Å². The maximum Gasteiger partial charge on any atom is 0.224 e. The van der Waals surface area contributed by atoms with Crippen LogP contribution in [0.25, 0.3) is 0 Å². The first-order valence-electron chi connectivity index (χ1n) is 9.42. The van der Waals surface area contributed by atoms with Crippen LogP contribution in [0.2, 0.25) is 0 Å². The molecule has 3 fully saturated rings. The van der Waals surface area contributed by atoms with Crippen LogP contribution >= 0.6 is 0 Å². The molecule has 0 bridgehead atoms. The van der Waals surface area contributed by atoms with E-state index in [-0.39, 0.29) is 11.3 Å². The maximum atomic E-state index is 11.8. The molecule has 0 spiro atoms. The average molecular weight is 314 g/mol. The molecule has 3 heteroatoms. The number of carbonyl (C=O) groups excluding carboxylic acids is 1. The van der Waals surface area contributed by atoms with Crippen LogP contribution in [0.5, 0.6) is 0 Å². The van der Waals surface area contributed by atoms with Gasteiger partial charge in [-0.25, -0.2) is 0 Å². The van der Waals surface area contributed by atoms with Crippen LogP contribution in [0.3, 0.4) is 0 Å². The SMILES string of the molecule is CC(=N)[C@H]1CC[C@H]2[C@@H]3CC=C4NC(=O)CC[C@]4(C)[C@H]3CC[C@]12C. The van der Waals surface area contributed by atoms with Gasteiger partial charge in [-0.3, -0.25) is 4.79 Å². The Hall–Kier alpha value is -1.12. The van der Waals surface area contributed by atoms with Gasteiger partial charge in [-0.2, -0.15) is 0 Å². The van der Waals surface area contributed by atoms with Crippen molar-refractivity contribution in [2.45, 2.75) is 65.7 Å². The van der Waals surface area contributed by atoms with Crippen molar-refractivity contribution in [3.8, 4) is 0 Å². The molecule has 0 aromatic heterocycles. The molecule has 2 N–H and O–H groups in total. The summed E-state index contributed by atoms with van der Waals surface area (Å²) in [6.07, 6.45) is 10.2. The van der Waals surface area contributed by atoms with E-state index >= 15 is 0 Å². The molecule has 0 aromatic rings. The standard InChI is InChI=1S/C20H30N2O/c1-12(21)14-5-6-15-13-4-7-17-20(3,11-9-18(23)22-17)16(13)8-10-19(14,15)2/h7,13-16,21H,4-6,8-11H2,1-3H3,(H,22,23)/t13-,14+,15-,16-,19+,20+/m0/s1. The van der Waals surface area contributed by atoms with E-state index in [0.717, 1.165) is 30.4 Å². The third-order valence-electron chi connectivity index (χ3n) is 8.13. The van der Waals surface area contributed by atoms with E-state index in [4.69, 9.17) is 5.41 Å². The molecule has 0 aromatic carbocycles. The summed E-state index contributed by atoms with van der Waals surface area (Å²) in [5.74, 6) is 2.93. The van der Waals surface area contributed by atoms with E-state index in [0.29, 0.717) is 23.7 Å². The summed E-state index contributed by atoms with van der Waals surface area (Å²) in [5.41, 5.74) is 2.63. The Kier molecular flexibility index (Phi) is 3.31. The Morgan fingerprint density at radius 1 is 1.22 bits per heavy atom. The fourth-order valence-corrected chi connectivity index (χ4v) is 6.91. The van der Waals surface area contributed by atoms with Crippen molar-refractivity contribution in [2.75, 3.05) is 0 Å². The third-order valence-corrected chi connectivity index (χ3v) is 8.13. The van der Waals surface area contributed by atoms with Crippen molar-refractivity contribution in [3.05, 3.63) is 11.8 Å². The van der Waals surface area contributed by atoms with E-state index in [2.05, 4.69) is 25.2 Å². The fraction of sp³-hybridized carbons (Fsp3) is 0.800. The topological polar surface area (TPSA) is 53.0 Å². The molecule has 1 aliphatic heterocycles. The Balaban J connectivity index is 1.67. The van der Waals surface area contributed by atoms with Gasteiger partial charge in [0, 0.05) is 29.2 Å². The van der Waals surface area contributed by atoms with E-state index in [9.17, 15) is 4.79 Å². The summed E-state index contributed by atoms with van der Waals surface area (Å²) < 4.78 is 0. The molecule has 2 saturated carbocycles. The minimum Gasteiger partial charge on any atom is -0.330 e. The van der Waals surface area contributed by atoms with Crippen molar-refractivity contribution in [2.24, 2.45) is 34.5 Å². The quantitative estimate of drug-likeness (QED) is 0.697. The second-order valence-corrected chi connectivity index (χ2v) is 9.05. The number of rotatable bonds is 1. The first-order chi connectivity index (χ1) is 10.9. The molecule has 0 radical (unpaired) electrons. The molecule has 6 atom stereocenters. The highest BCUT2D eigenvalue weighted by molar-refractivity contribution is 5.82. The van der Waals surface area contributed by atoms with Gasteiger partial charge in [-0.1, -0.05) is 19.9 Å². The molecule has 4 aliphatic rings. The van der Waals surface area contributed by atoms with Crippen molar-refractivity contribution < 1.29 is 4.79 Å². The number of nitrogens with one attached hydrogen (secondary N) is 2. The summed E-state index contributed by atoms with van der Waals surface area (Å²) >= 11 is 0. The lowest BCUT2D eigenvalue weighted by molar-refractivity contribution is -0.125. The van der Waals surface area contributed by atoms with Gasteiger partial charge < -0.3 is 10.7 Å². The minimum absolute atomic E-state index is 0.177. The number of allylic oxidation sites excluding steroid dienone is 2. The van der Waals surface area contributed by atoms with Crippen LogP contribution in [0.4, 0.5) is 0 Å². The lowest BCUT2D eigenvalue weighted by Gasteiger charge is -2.57. The molecular weight excluding hydrogens is 284 g/mol. The number of amides is 1. The molecule has 1 heterocycles. The zero-order valence-corrected chi connectivity index (χ0v) is 14.7. The predicted molar refractivity (Wildman–Crippen MR) is 92.1 cm³/mol. The van der Waals surface area contributed by atoms with Crippen molar-refractivity contribution in [3.63, 3.8) is 0 Å². The first kappa shape index (κ1) is 15.4. The number of piperidine rings is 1. The van der Waals surface area contributed by atoms with Crippen LogP contribution in [-0.2, 0) is 4.79 Å². The Morgan fingerprint density at radius 3 is 2.74 bits per heavy atom. The lowest BCUT2D eigenvalue weighted by atomic mass is 9.49. The summed E-state index contributed by atoms with van der Waals surface area (Å²) in [5, 5.41) is 11.4. The smallest absolute Gasteiger partial charge is 0.224 e. The molecule has 3 nitrogen and oxygen atoms in total. The van der Waals surface area contributed by atoms with Gasteiger partial charge in [0.05, 0.1) is 0 Å². The number of fused-ring (bicyclic) bond motifs is 5. The second-order valence-electron chi connectivity index (χ2n) is 9.05. The van der Waals surface area contributed by atoms with Gasteiger partial charge in [-0.05, 0) is 68.6 Å². The normalized spacial score (nSPS) is 48.7. The number of carbonyl (C=O) groups is 1. The summed E-state index contributed by atoms with van der Waals surface area (Å²) in [4.78, 5) is 11.8. The number of hydrogen-bond donors (Lipinski definition) is 2. The van der Waals surface area contributed by atoms with Crippen molar-refractivity contribution in [1.29, 1.82) is 5.41 Å². The molecule has 126 valence electrons. The molecule has 4 rings (SSSR count). The fourth-order valence-electron chi connectivity index (χ4n) is 6.91. The van der Waals surface area contributed by atoms with E-state index in [1.165, 1.54) is 31.4 Å². The maximum absolute atomic E-state index is 11.8. The monoisotopic (exact) mass is 314 g/mol. The van der Waals surface area contributed by atoms with E-state index in [1.54, 1.807) is 0 Å². The Morgan fingerprint density at radius 2 is 2.00 bits per heavy atom. The Bertz CT molecular complexity index is 594. The minimum atomic E-state index is 0.177. The van der Waals surface area contributed by atoms with Crippen LogP contribution in [0, 0.1) is 39.9 Å². The highest BCUT2D eigenvalue weighted by atomic mass is 16.1. The van der Waals surface area contributed by atoms with Gasteiger partial charge in [0.15, 0.2) is 0 Å². The number of hydrogen-bond acceptors (Lipinski definition) is 2. The van der Waals surface area contributed by atoms with Crippen LogP contribution in [0.15, 0.2) is 11.8 Å². The first-order valence-corrected chi connectivity index (χ1v) is 9.42. The van der Waals surface area contributed by atoms with Crippen molar-refractivity contribution in [1.82, 2.24) is 5.32 Å². The zero-order valence-electron chi connectivity index (χ0n) is 14.7. The average Bonchev–Trinajstić information content (AvgIpc) is 2.85. The highest BCUT2D eigenvalue weighted by Gasteiger charge is 2.59. The summed E-state index contributed by atoms with van der Waals surface area (Å²) in [6.45, 7) is 6.88. The van der Waals surface area contributed by atoms with Gasteiger partial charge in [0.25, 0.3) is 0 Å². The van der Waals surface area contributed by atoms with E-state index < -0.39 is 0 Å². The lowest BCUT2D eigenvalue weighted by Crippen LogP contribution is -2.53. The summed E-state index contributed by atoms with van der Waals surface area (Å²) in [7, 11) is 0. The van der Waals surface area contributed by atoms with Crippen LogP contribution in [-0.4, -0.2) is 11.6 Å². The van der Waals surface area contributed by atoms with Gasteiger partial charge in [-0.15, -0.1) is 0 Å². The largest absolute Gasteiger partial charge is 0.330 e. The molecule has 1 amide bonds. The highest BCUT2D eigenvalue weighted by Crippen LogP contribution is 2.65. The molecule has 3 aliphatic carbocycles. The van der Waals surface area contributed by atoms with Gasteiger partial charge in [0.2, 0.25) is 5.91 Å². The predicted octanol–water partition coefficient (Wildman–Crippen LogP) is 4.29. The molecule has 23 heavy (non-hydrogen) atoms. The Labute approximate surface area is 139 Å². The van der Waals surface area contributed by atoms with Crippen LogP contribution < -0.4 is 5.32 Å². The third kappa shape index (κ3) is 2.01. The van der Waals surface area contributed by atoms with Crippen molar-refractivity contribution >= 4 is 11.6 Å². The second kappa shape index (κ2) is 4.94.